The van der Waals surface area contributed by atoms with Crippen molar-refractivity contribution in [1.82, 2.24) is 29.1 Å². The molecule has 0 radical (unpaired) electrons. The third-order valence-electron chi connectivity index (χ3n) is 5.85. The van der Waals surface area contributed by atoms with E-state index in [0.717, 1.165) is 55.4 Å². The summed E-state index contributed by atoms with van der Waals surface area (Å²) in [6.07, 6.45) is 1.84. The molecule has 8 heteroatoms. The van der Waals surface area contributed by atoms with Gasteiger partial charge in [0.25, 0.3) is 0 Å². The number of rotatable bonds is 5. The molecule has 0 spiro atoms. The Kier molecular flexibility index (Phi) is 5.71. The van der Waals surface area contributed by atoms with Crippen LogP contribution in [0.3, 0.4) is 0 Å². The molecule has 6 nitrogen and oxygen atoms in total. The molecule has 1 fully saturated rings. The molecule has 0 atom stereocenters. The Labute approximate surface area is 191 Å². The van der Waals surface area contributed by atoms with Crippen LogP contribution in [0.1, 0.15) is 16.1 Å². The summed E-state index contributed by atoms with van der Waals surface area (Å²) in [5.41, 5.74) is 4.64. The molecule has 0 bridgehead atoms. The van der Waals surface area contributed by atoms with Crippen molar-refractivity contribution in [2.24, 2.45) is 0 Å². The van der Waals surface area contributed by atoms with Crippen LogP contribution in [0, 0.1) is 18.6 Å². The summed E-state index contributed by atoms with van der Waals surface area (Å²) in [6, 6.07) is 14.8. The summed E-state index contributed by atoms with van der Waals surface area (Å²) >= 11 is 7.54. The Balaban J connectivity index is 1.21. The predicted molar refractivity (Wildman–Crippen MR) is 128 cm³/mol. The van der Waals surface area contributed by atoms with Crippen molar-refractivity contribution in [2.75, 3.05) is 26.2 Å². The van der Waals surface area contributed by atoms with Crippen LogP contribution in [-0.2, 0) is 13.2 Å². The van der Waals surface area contributed by atoms with Gasteiger partial charge in [-0.05, 0) is 55.4 Å². The zero-order valence-electron chi connectivity index (χ0n) is 17.9. The Morgan fingerprint density at radius 1 is 1.00 bits per heavy atom. The lowest BCUT2D eigenvalue weighted by Crippen LogP contribution is -2.46. The van der Waals surface area contributed by atoms with E-state index in [1.165, 1.54) is 20.8 Å². The number of piperazine rings is 1. The van der Waals surface area contributed by atoms with Gasteiger partial charge in [0.1, 0.15) is 11.3 Å². The van der Waals surface area contributed by atoms with Gasteiger partial charge in [-0.3, -0.25) is 14.4 Å². The fourth-order valence-corrected chi connectivity index (χ4v) is 5.30. The first-order valence-corrected chi connectivity index (χ1v) is 11.8. The monoisotopic (exact) mass is 450 g/mol. The average Bonchev–Trinajstić information content (AvgIpc) is 3.34. The van der Waals surface area contributed by atoms with Crippen LogP contribution in [0.25, 0.3) is 15.9 Å². The third-order valence-corrected chi connectivity index (χ3v) is 7.28. The van der Waals surface area contributed by atoms with E-state index in [4.69, 9.17) is 17.2 Å². The molecule has 0 N–H and O–H groups in total. The SMILES string of the molecule is Cc1ccc(C)c(-n2cnn(CN3CCN(Cc4nc5ccccc5s4)CC3)c2=S)c1. The van der Waals surface area contributed by atoms with Gasteiger partial charge in [0, 0.05) is 26.2 Å². The van der Waals surface area contributed by atoms with E-state index in [1.807, 2.05) is 15.6 Å². The number of hydrogen-bond acceptors (Lipinski definition) is 6. The first-order chi connectivity index (χ1) is 15.1. The van der Waals surface area contributed by atoms with Gasteiger partial charge in [-0.2, -0.15) is 5.10 Å². The molecule has 1 aliphatic heterocycles. The second kappa shape index (κ2) is 8.63. The zero-order chi connectivity index (χ0) is 21.4. The fourth-order valence-electron chi connectivity index (χ4n) is 4.04. The maximum atomic E-state index is 5.74. The maximum absolute atomic E-state index is 5.74. The van der Waals surface area contributed by atoms with E-state index in [1.54, 1.807) is 11.3 Å². The Morgan fingerprint density at radius 2 is 1.77 bits per heavy atom. The van der Waals surface area contributed by atoms with Gasteiger partial charge in [0.15, 0.2) is 0 Å². The van der Waals surface area contributed by atoms with Crippen molar-refractivity contribution < 1.29 is 0 Å². The van der Waals surface area contributed by atoms with Crippen LogP contribution < -0.4 is 0 Å². The van der Waals surface area contributed by atoms with Crippen molar-refractivity contribution in [3.05, 3.63) is 69.7 Å². The van der Waals surface area contributed by atoms with Crippen LogP contribution >= 0.6 is 23.6 Å². The van der Waals surface area contributed by atoms with E-state index in [9.17, 15) is 0 Å². The number of fused-ring (bicyclic) bond motifs is 1. The molecule has 160 valence electrons. The summed E-state index contributed by atoms with van der Waals surface area (Å²) in [5.74, 6) is 0. The number of nitrogens with zero attached hydrogens (tertiary/aromatic N) is 6. The Bertz CT molecular complexity index is 1230. The summed E-state index contributed by atoms with van der Waals surface area (Å²) in [4.78, 5) is 9.69. The maximum Gasteiger partial charge on any atom is 0.203 e. The molecule has 1 aliphatic rings. The molecule has 1 saturated heterocycles. The first-order valence-electron chi connectivity index (χ1n) is 10.6. The molecule has 2 aromatic carbocycles. The summed E-state index contributed by atoms with van der Waals surface area (Å²) < 4.78 is 5.96. The predicted octanol–water partition coefficient (Wildman–Crippen LogP) is 4.41. The topological polar surface area (TPSA) is 42.1 Å². The van der Waals surface area contributed by atoms with Crippen molar-refractivity contribution in [2.45, 2.75) is 27.1 Å². The summed E-state index contributed by atoms with van der Waals surface area (Å²) in [5, 5.41) is 5.78. The lowest BCUT2D eigenvalue weighted by atomic mass is 10.1. The van der Waals surface area contributed by atoms with Gasteiger partial charge in [-0.25, -0.2) is 9.67 Å². The van der Waals surface area contributed by atoms with Crippen molar-refractivity contribution in [3.63, 3.8) is 0 Å². The van der Waals surface area contributed by atoms with Crippen molar-refractivity contribution in [3.8, 4) is 5.69 Å². The molecular formula is C23H26N6S2. The van der Waals surface area contributed by atoms with Crippen LogP contribution in [0.5, 0.6) is 0 Å². The normalized spacial score (nSPS) is 15.7. The third kappa shape index (κ3) is 4.34. The van der Waals surface area contributed by atoms with Crippen molar-refractivity contribution >= 4 is 33.8 Å². The molecule has 0 unspecified atom stereocenters. The minimum Gasteiger partial charge on any atom is -0.294 e. The van der Waals surface area contributed by atoms with Crippen molar-refractivity contribution in [1.29, 1.82) is 0 Å². The van der Waals surface area contributed by atoms with E-state index < -0.39 is 0 Å². The van der Waals surface area contributed by atoms with Crippen LogP contribution in [-0.4, -0.2) is 55.3 Å². The molecule has 3 heterocycles. The highest BCUT2D eigenvalue weighted by Gasteiger charge is 2.19. The number of hydrogen-bond donors (Lipinski definition) is 0. The number of thiazole rings is 1. The fraction of sp³-hybridized carbons (Fsp3) is 0.348. The lowest BCUT2D eigenvalue weighted by Gasteiger charge is -2.33. The van der Waals surface area contributed by atoms with Gasteiger partial charge in [0.05, 0.1) is 29.1 Å². The highest BCUT2D eigenvalue weighted by atomic mass is 32.1. The van der Waals surface area contributed by atoms with E-state index in [0.29, 0.717) is 0 Å². The number of aromatic nitrogens is 4. The Hall–Kier alpha value is -2.39. The van der Waals surface area contributed by atoms with Gasteiger partial charge in [0.2, 0.25) is 4.77 Å². The van der Waals surface area contributed by atoms with Crippen LogP contribution in [0.2, 0.25) is 0 Å². The van der Waals surface area contributed by atoms with E-state index >= 15 is 0 Å². The quantitative estimate of drug-likeness (QED) is 0.422. The minimum absolute atomic E-state index is 0.728. The molecule has 0 amide bonds. The molecule has 0 saturated carbocycles. The van der Waals surface area contributed by atoms with Gasteiger partial charge < -0.3 is 0 Å². The first kappa shape index (κ1) is 20.5. The number of benzene rings is 2. The second-order valence-corrected chi connectivity index (χ2v) is 9.66. The largest absolute Gasteiger partial charge is 0.294 e. The van der Waals surface area contributed by atoms with E-state index in [2.05, 4.69) is 71.2 Å². The number of para-hydroxylation sites is 1. The van der Waals surface area contributed by atoms with Gasteiger partial charge in [-0.15, -0.1) is 11.3 Å². The summed E-state index contributed by atoms with van der Waals surface area (Å²) in [6.45, 7) is 9.93. The highest BCUT2D eigenvalue weighted by molar-refractivity contribution is 7.71. The van der Waals surface area contributed by atoms with Crippen LogP contribution in [0.15, 0.2) is 48.8 Å². The lowest BCUT2D eigenvalue weighted by molar-refractivity contribution is 0.0981. The summed E-state index contributed by atoms with van der Waals surface area (Å²) in [7, 11) is 0. The van der Waals surface area contributed by atoms with E-state index in [-0.39, 0.29) is 0 Å². The molecule has 2 aromatic heterocycles. The minimum atomic E-state index is 0.728. The second-order valence-electron chi connectivity index (χ2n) is 8.18. The Morgan fingerprint density at radius 3 is 2.58 bits per heavy atom. The van der Waals surface area contributed by atoms with Crippen LogP contribution in [0.4, 0.5) is 0 Å². The van der Waals surface area contributed by atoms with Gasteiger partial charge >= 0.3 is 0 Å². The molecular weight excluding hydrogens is 424 g/mol. The zero-order valence-corrected chi connectivity index (χ0v) is 19.5. The standard InChI is InChI=1S/C23H26N6S2/c1-17-7-8-18(2)20(13-17)28-15-24-29(23(28)30)16-27-11-9-26(10-12-27)14-22-25-19-5-3-4-6-21(19)31-22/h3-8,13,15H,9-12,14,16H2,1-2H3. The average molecular weight is 451 g/mol. The molecule has 5 rings (SSSR count). The molecule has 4 aromatic rings. The molecule has 31 heavy (non-hydrogen) atoms. The number of aryl methyl sites for hydroxylation is 2. The highest BCUT2D eigenvalue weighted by Crippen LogP contribution is 2.23. The smallest absolute Gasteiger partial charge is 0.203 e. The molecule has 0 aliphatic carbocycles. The van der Waals surface area contributed by atoms with Gasteiger partial charge in [-0.1, -0.05) is 24.3 Å².